The first-order valence-corrected chi connectivity index (χ1v) is 11.2. The Labute approximate surface area is 156 Å². The lowest BCUT2D eigenvalue weighted by molar-refractivity contribution is -0.137. The van der Waals surface area contributed by atoms with Crippen LogP contribution in [0.5, 0.6) is 0 Å². The molecule has 26 heavy (non-hydrogen) atoms. The van der Waals surface area contributed by atoms with Gasteiger partial charge in [0.15, 0.2) is 0 Å². The van der Waals surface area contributed by atoms with Crippen LogP contribution in [-0.2, 0) is 24.3 Å². The van der Waals surface area contributed by atoms with Crippen molar-refractivity contribution in [1.29, 1.82) is 0 Å². The summed E-state index contributed by atoms with van der Waals surface area (Å²) in [6.45, 7) is 5.07. The van der Waals surface area contributed by atoms with E-state index in [0.717, 1.165) is 30.1 Å². The monoisotopic (exact) mass is 392 g/mol. The molecule has 152 valence electrons. The smallest absolute Gasteiger partial charge is 0.318 e. The number of hydrogen-bond donors (Lipinski definition) is 1. The number of sulfonamides is 1. The molecule has 0 bridgehead atoms. The van der Waals surface area contributed by atoms with Gasteiger partial charge in [0.05, 0.1) is 31.7 Å². The maximum Gasteiger partial charge on any atom is 0.318 e. The normalized spacial score (nSPS) is 28.3. The minimum atomic E-state index is -3.59. The molecule has 0 unspecified atom stereocenters. The minimum Gasteiger partial charge on any atom is -0.480 e. The van der Waals surface area contributed by atoms with Gasteiger partial charge in [0.2, 0.25) is 10.0 Å². The highest BCUT2D eigenvalue weighted by Gasteiger charge is 2.28. The maximum absolute atomic E-state index is 11.8. The van der Waals surface area contributed by atoms with Gasteiger partial charge in [0, 0.05) is 26.2 Å². The molecule has 1 N–H and O–H groups in total. The standard InChI is InChI=1S/C17H32N2O6S/c1-14-5-3-4-6-16(14)25-10-8-18-7-9-24-15(11-18)12-19(13-17(20)21)26(2,22)23/h14-16H,3-13H2,1-2H3,(H,20,21)/t14-,15-,16+/m1/s1. The fourth-order valence-corrected chi connectivity index (χ4v) is 4.43. The van der Waals surface area contributed by atoms with Crippen molar-refractivity contribution in [2.75, 3.05) is 52.2 Å². The minimum absolute atomic E-state index is 0.0577. The summed E-state index contributed by atoms with van der Waals surface area (Å²) in [5.74, 6) is -0.557. The zero-order valence-electron chi connectivity index (χ0n) is 15.8. The maximum atomic E-state index is 11.8. The lowest BCUT2D eigenvalue weighted by Gasteiger charge is -2.35. The molecule has 0 aromatic rings. The number of rotatable bonds is 9. The Hall–Kier alpha value is -0.740. The van der Waals surface area contributed by atoms with E-state index in [1.165, 1.54) is 19.3 Å². The molecule has 9 heteroatoms. The third-order valence-corrected chi connectivity index (χ3v) is 6.40. The van der Waals surface area contributed by atoms with E-state index in [0.29, 0.717) is 31.8 Å². The van der Waals surface area contributed by atoms with Crippen LogP contribution in [0.1, 0.15) is 32.6 Å². The van der Waals surface area contributed by atoms with Crippen molar-refractivity contribution in [1.82, 2.24) is 9.21 Å². The number of nitrogens with zero attached hydrogens (tertiary/aromatic N) is 2. The highest BCUT2D eigenvalue weighted by Crippen LogP contribution is 2.26. The third-order valence-electron chi connectivity index (χ3n) is 5.18. The van der Waals surface area contributed by atoms with Crippen LogP contribution in [0.15, 0.2) is 0 Å². The van der Waals surface area contributed by atoms with E-state index in [1.807, 2.05) is 0 Å². The predicted molar refractivity (Wildman–Crippen MR) is 97.6 cm³/mol. The summed E-state index contributed by atoms with van der Waals surface area (Å²) in [4.78, 5) is 13.1. The Morgan fingerprint density at radius 2 is 2.08 bits per heavy atom. The van der Waals surface area contributed by atoms with Gasteiger partial charge in [-0.2, -0.15) is 4.31 Å². The van der Waals surface area contributed by atoms with E-state index >= 15 is 0 Å². The molecule has 0 amide bonds. The van der Waals surface area contributed by atoms with Crippen LogP contribution in [-0.4, -0.2) is 93.1 Å². The summed E-state index contributed by atoms with van der Waals surface area (Å²) in [5, 5.41) is 8.92. The van der Waals surface area contributed by atoms with E-state index in [9.17, 15) is 13.2 Å². The van der Waals surface area contributed by atoms with Crippen LogP contribution in [0, 0.1) is 5.92 Å². The van der Waals surface area contributed by atoms with Crippen LogP contribution < -0.4 is 0 Å². The summed E-state index contributed by atoms with van der Waals surface area (Å²) in [6, 6.07) is 0. The van der Waals surface area contributed by atoms with Crippen molar-refractivity contribution in [2.45, 2.75) is 44.8 Å². The van der Waals surface area contributed by atoms with Gasteiger partial charge in [-0.15, -0.1) is 0 Å². The van der Waals surface area contributed by atoms with Crippen LogP contribution in [0.3, 0.4) is 0 Å². The molecule has 0 aromatic heterocycles. The summed E-state index contributed by atoms with van der Waals surface area (Å²) in [6.07, 6.45) is 5.93. The number of morpholine rings is 1. The Balaban J connectivity index is 1.77. The molecule has 2 aliphatic rings. The average Bonchev–Trinajstić information content (AvgIpc) is 2.55. The Morgan fingerprint density at radius 1 is 1.35 bits per heavy atom. The zero-order valence-corrected chi connectivity index (χ0v) is 16.6. The molecular weight excluding hydrogens is 360 g/mol. The molecule has 3 atom stereocenters. The molecule has 0 radical (unpaired) electrons. The molecule has 1 heterocycles. The number of ether oxygens (including phenoxy) is 2. The van der Waals surface area contributed by atoms with E-state index in [1.54, 1.807) is 0 Å². The summed E-state index contributed by atoms with van der Waals surface area (Å²) < 4.78 is 36.2. The van der Waals surface area contributed by atoms with Crippen molar-refractivity contribution < 1.29 is 27.8 Å². The molecule has 2 fully saturated rings. The van der Waals surface area contributed by atoms with Gasteiger partial charge in [-0.05, 0) is 18.8 Å². The summed E-state index contributed by atoms with van der Waals surface area (Å²) in [5.41, 5.74) is 0. The number of carboxylic acids is 1. The second kappa shape index (κ2) is 9.98. The van der Waals surface area contributed by atoms with Gasteiger partial charge in [-0.25, -0.2) is 8.42 Å². The molecule has 1 aliphatic carbocycles. The van der Waals surface area contributed by atoms with Gasteiger partial charge < -0.3 is 14.6 Å². The van der Waals surface area contributed by atoms with Crippen molar-refractivity contribution in [3.05, 3.63) is 0 Å². The molecule has 0 aromatic carbocycles. The second-order valence-corrected chi connectivity index (χ2v) is 9.40. The van der Waals surface area contributed by atoms with Crippen molar-refractivity contribution in [3.8, 4) is 0 Å². The van der Waals surface area contributed by atoms with Crippen LogP contribution in [0.25, 0.3) is 0 Å². The molecule has 2 rings (SSSR count). The number of carbonyl (C=O) groups is 1. The van der Waals surface area contributed by atoms with E-state index < -0.39 is 22.5 Å². The highest BCUT2D eigenvalue weighted by atomic mass is 32.2. The first kappa shape index (κ1) is 21.6. The Kier molecular flexibility index (Phi) is 8.28. The lowest BCUT2D eigenvalue weighted by atomic mass is 9.88. The van der Waals surface area contributed by atoms with Crippen molar-refractivity contribution in [2.24, 2.45) is 5.92 Å². The Morgan fingerprint density at radius 3 is 2.73 bits per heavy atom. The highest BCUT2D eigenvalue weighted by molar-refractivity contribution is 7.88. The number of aliphatic carboxylic acids is 1. The van der Waals surface area contributed by atoms with Crippen molar-refractivity contribution in [3.63, 3.8) is 0 Å². The molecule has 1 aliphatic heterocycles. The lowest BCUT2D eigenvalue weighted by Crippen LogP contribution is -2.50. The Bertz CT molecular complexity index is 555. The van der Waals surface area contributed by atoms with E-state index in [2.05, 4.69) is 11.8 Å². The van der Waals surface area contributed by atoms with Crippen molar-refractivity contribution >= 4 is 16.0 Å². The predicted octanol–water partition coefficient (Wildman–Crippen LogP) is 0.629. The largest absolute Gasteiger partial charge is 0.480 e. The average molecular weight is 393 g/mol. The van der Waals surface area contributed by atoms with Crippen LogP contribution in [0.2, 0.25) is 0 Å². The SMILES string of the molecule is C[C@@H]1CCCC[C@@H]1OCCN1CCO[C@@H](CN(CC(=O)O)S(C)(=O)=O)C1. The summed E-state index contributed by atoms with van der Waals surface area (Å²) >= 11 is 0. The van der Waals surface area contributed by atoms with E-state index in [4.69, 9.17) is 14.6 Å². The third kappa shape index (κ3) is 7.11. The van der Waals surface area contributed by atoms with Crippen LogP contribution >= 0.6 is 0 Å². The number of hydrogen-bond acceptors (Lipinski definition) is 6. The van der Waals surface area contributed by atoms with Crippen LogP contribution in [0.4, 0.5) is 0 Å². The van der Waals surface area contributed by atoms with Gasteiger partial charge in [0.25, 0.3) is 0 Å². The fourth-order valence-electron chi connectivity index (χ4n) is 3.65. The van der Waals surface area contributed by atoms with Gasteiger partial charge in [-0.3, -0.25) is 9.69 Å². The van der Waals surface area contributed by atoms with Gasteiger partial charge in [0.1, 0.15) is 6.54 Å². The molecule has 0 spiro atoms. The number of carboxylic acid groups (broad SMARTS) is 1. The molecule has 1 saturated carbocycles. The van der Waals surface area contributed by atoms with Gasteiger partial charge in [-0.1, -0.05) is 19.8 Å². The molecule has 8 nitrogen and oxygen atoms in total. The van der Waals surface area contributed by atoms with E-state index in [-0.39, 0.29) is 12.6 Å². The fraction of sp³-hybridized carbons (Fsp3) is 0.941. The van der Waals surface area contributed by atoms with Gasteiger partial charge >= 0.3 is 5.97 Å². The first-order valence-electron chi connectivity index (χ1n) is 9.38. The second-order valence-electron chi connectivity index (χ2n) is 7.41. The topological polar surface area (TPSA) is 96.4 Å². The molecular formula is C17H32N2O6S. The zero-order chi connectivity index (χ0) is 19.2. The quantitative estimate of drug-likeness (QED) is 0.615. The summed E-state index contributed by atoms with van der Waals surface area (Å²) in [7, 11) is -3.59. The first-order chi connectivity index (χ1) is 12.3. The molecule has 1 saturated heterocycles.